The molecule has 130 valence electrons. The molecule has 2 N–H and O–H groups in total. The van der Waals surface area contributed by atoms with Crippen molar-refractivity contribution in [2.75, 3.05) is 5.32 Å². The molecule has 0 radical (unpaired) electrons. The van der Waals surface area contributed by atoms with Crippen molar-refractivity contribution in [1.29, 1.82) is 0 Å². The first kappa shape index (κ1) is 17.0. The monoisotopic (exact) mass is 374 g/mol. The molecule has 0 atom stereocenters. The predicted octanol–water partition coefficient (Wildman–Crippen LogP) is 4.11. The third-order valence-electron chi connectivity index (χ3n) is 3.26. The highest BCUT2D eigenvalue weighted by Gasteiger charge is 2.38. The summed E-state index contributed by atoms with van der Waals surface area (Å²) in [4.78, 5) is 10.9. The van der Waals surface area contributed by atoms with E-state index in [4.69, 9.17) is 16.1 Å². The molecule has 0 spiro atoms. The van der Waals surface area contributed by atoms with Crippen molar-refractivity contribution >= 4 is 23.7 Å². The van der Waals surface area contributed by atoms with Crippen LogP contribution in [0.3, 0.4) is 0 Å². The zero-order chi connectivity index (χ0) is 18.2. The van der Waals surface area contributed by atoms with Crippen molar-refractivity contribution in [3.63, 3.8) is 0 Å². The second-order valence-corrected chi connectivity index (χ2v) is 5.16. The Morgan fingerprint density at radius 1 is 1.32 bits per heavy atom. The van der Waals surface area contributed by atoms with E-state index < -0.39 is 29.0 Å². The minimum Gasteiger partial charge on any atom is -0.353 e. The van der Waals surface area contributed by atoms with Gasteiger partial charge in [0.2, 0.25) is 6.41 Å². The van der Waals surface area contributed by atoms with E-state index in [9.17, 15) is 22.4 Å². The van der Waals surface area contributed by atoms with Crippen LogP contribution in [0.1, 0.15) is 5.69 Å². The summed E-state index contributed by atoms with van der Waals surface area (Å²) < 4.78 is 58.1. The smallest absolute Gasteiger partial charge is 0.353 e. The number of carbonyl (C=O) groups is 1. The van der Waals surface area contributed by atoms with Gasteiger partial charge >= 0.3 is 6.18 Å². The maximum absolute atomic E-state index is 14.1. The molecular formula is C14H7ClF4N4O2. The Hall–Kier alpha value is -2.88. The van der Waals surface area contributed by atoms with E-state index in [1.54, 1.807) is 5.10 Å². The summed E-state index contributed by atoms with van der Waals surface area (Å²) in [5.41, 5.74) is -2.44. The van der Waals surface area contributed by atoms with E-state index >= 15 is 0 Å². The van der Waals surface area contributed by atoms with Crippen LogP contribution in [-0.4, -0.2) is 21.8 Å². The molecule has 3 rings (SSSR count). The summed E-state index contributed by atoms with van der Waals surface area (Å²) >= 11 is 5.94. The molecule has 0 fully saturated rings. The summed E-state index contributed by atoms with van der Waals surface area (Å²) in [6.07, 6.45) is -3.71. The molecule has 0 saturated carbocycles. The zero-order valence-corrected chi connectivity index (χ0v) is 12.7. The van der Waals surface area contributed by atoms with E-state index in [1.165, 1.54) is 12.1 Å². The highest BCUT2D eigenvalue weighted by molar-refractivity contribution is 6.33. The first-order valence-corrected chi connectivity index (χ1v) is 6.97. The van der Waals surface area contributed by atoms with Gasteiger partial charge in [0, 0.05) is 0 Å². The Bertz CT molecular complexity index is 915. The van der Waals surface area contributed by atoms with Gasteiger partial charge in [0.15, 0.2) is 11.5 Å². The van der Waals surface area contributed by atoms with Crippen molar-refractivity contribution in [3.05, 3.63) is 40.9 Å². The number of aromatic nitrogens is 3. The fourth-order valence-electron chi connectivity index (χ4n) is 2.24. The molecule has 6 nitrogen and oxygen atoms in total. The van der Waals surface area contributed by atoms with Crippen molar-refractivity contribution in [3.8, 4) is 22.6 Å². The number of nitrogens with zero attached hydrogens (tertiary/aromatic N) is 2. The number of H-pyrrole nitrogens is 1. The van der Waals surface area contributed by atoms with Crippen molar-refractivity contribution in [1.82, 2.24) is 15.4 Å². The molecule has 11 heteroatoms. The number of aromatic amines is 1. The van der Waals surface area contributed by atoms with Gasteiger partial charge in [-0.2, -0.15) is 18.3 Å². The van der Waals surface area contributed by atoms with Crippen LogP contribution in [0.25, 0.3) is 22.6 Å². The van der Waals surface area contributed by atoms with Crippen LogP contribution < -0.4 is 5.32 Å². The minimum absolute atomic E-state index is 0.0583. The number of anilines is 1. The Kier molecular flexibility index (Phi) is 4.21. The van der Waals surface area contributed by atoms with Crippen molar-refractivity contribution < 1.29 is 26.9 Å². The molecule has 1 amide bonds. The second-order valence-electron chi connectivity index (χ2n) is 4.75. The van der Waals surface area contributed by atoms with Crippen LogP contribution in [0, 0.1) is 5.82 Å². The Balaban J connectivity index is 2.24. The standard InChI is InChI=1S/C14H7ClF4N4O2/c15-7-2-1-3-8(16)9(7)10-11(20-5-24)12(25-23-10)6-4-21-22-13(6)14(17,18)19/h1-5H,(H,20,24)(H,21,22). The van der Waals surface area contributed by atoms with Gasteiger partial charge in [0.05, 0.1) is 22.3 Å². The van der Waals surface area contributed by atoms with Gasteiger partial charge in [-0.1, -0.05) is 22.8 Å². The van der Waals surface area contributed by atoms with E-state index in [2.05, 4.69) is 15.6 Å². The Morgan fingerprint density at radius 2 is 2.08 bits per heavy atom. The average Bonchev–Trinajstić information content (AvgIpc) is 3.14. The number of halogens is 5. The largest absolute Gasteiger partial charge is 0.433 e. The normalized spacial score (nSPS) is 11.6. The van der Waals surface area contributed by atoms with Gasteiger partial charge in [0.25, 0.3) is 0 Å². The molecule has 0 unspecified atom stereocenters. The predicted molar refractivity (Wildman–Crippen MR) is 79.2 cm³/mol. The Labute approximate surface area is 141 Å². The molecule has 0 saturated heterocycles. The quantitative estimate of drug-likeness (QED) is 0.531. The maximum atomic E-state index is 14.1. The first-order valence-electron chi connectivity index (χ1n) is 6.59. The summed E-state index contributed by atoms with van der Waals surface area (Å²) in [6.45, 7) is 0. The molecule has 0 bridgehead atoms. The van der Waals surface area contributed by atoms with E-state index in [1.807, 2.05) is 0 Å². The van der Waals surface area contributed by atoms with Crippen molar-refractivity contribution in [2.24, 2.45) is 0 Å². The molecule has 2 aromatic heterocycles. The molecule has 0 aliphatic rings. The zero-order valence-electron chi connectivity index (χ0n) is 12.0. The van der Waals surface area contributed by atoms with Gasteiger partial charge in [-0.05, 0) is 12.1 Å². The van der Waals surface area contributed by atoms with Crippen LogP contribution in [0.15, 0.2) is 28.9 Å². The topological polar surface area (TPSA) is 83.8 Å². The van der Waals surface area contributed by atoms with Crippen LogP contribution in [-0.2, 0) is 11.0 Å². The van der Waals surface area contributed by atoms with E-state index in [0.717, 1.165) is 12.3 Å². The number of hydrogen-bond donors (Lipinski definition) is 2. The number of rotatable bonds is 4. The van der Waals surface area contributed by atoms with Crippen LogP contribution >= 0.6 is 11.6 Å². The first-order chi connectivity index (χ1) is 11.8. The van der Waals surface area contributed by atoms with E-state index in [-0.39, 0.29) is 28.4 Å². The van der Waals surface area contributed by atoms with Crippen LogP contribution in [0.2, 0.25) is 5.02 Å². The molecule has 0 aliphatic carbocycles. The van der Waals surface area contributed by atoms with E-state index in [0.29, 0.717) is 0 Å². The summed E-state index contributed by atoms with van der Waals surface area (Å²) in [7, 11) is 0. The molecule has 1 aromatic carbocycles. The van der Waals surface area contributed by atoms with Gasteiger partial charge in [-0.15, -0.1) is 0 Å². The third kappa shape index (κ3) is 2.95. The highest BCUT2D eigenvalue weighted by atomic mass is 35.5. The number of hydrogen-bond acceptors (Lipinski definition) is 4. The van der Waals surface area contributed by atoms with Crippen LogP contribution in [0.4, 0.5) is 23.2 Å². The number of carbonyl (C=O) groups excluding carboxylic acids is 1. The summed E-state index contributed by atoms with van der Waals surface area (Å²) in [5.74, 6) is -1.23. The van der Waals surface area contributed by atoms with Crippen LogP contribution in [0.5, 0.6) is 0 Å². The lowest BCUT2D eigenvalue weighted by atomic mass is 10.1. The maximum Gasteiger partial charge on any atom is 0.433 e. The fraction of sp³-hybridized carbons (Fsp3) is 0.0714. The van der Waals surface area contributed by atoms with Crippen molar-refractivity contribution in [2.45, 2.75) is 6.18 Å². The lowest BCUT2D eigenvalue weighted by Crippen LogP contribution is -2.07. The molecule has 25 heavy (non-hydrogen) atoms. The molecular weight excluding hydrogens is 368 g/mol. The number of amides is 1. The third-order valence-corrected chi connectivity index (χ3v) is 3.58. The number of alkyl halides is 3. The Morgan fingerprint density at radius 3 is 2.72 bits per heavy atom. The average molecular weight is 375 g/mol. The lowest BCUT2D eigenvalue weighted by molar-refractivity contribution is -0.140. The van der Waals surface area contributed by atoms with Gasteiger partial charge < -0.3 is 9.84 Å². The fourth-order valence-corrected chi connectivity index (χ4v) is 2.49. The number of benzene rings is 1. The highest BCUT2D eigenvalue weighted by Crippen LogP contribution is 2.43. The number of nitrogens with one attached hydrogen (secondary N) is 2. The summed E-state index contributed by atoms with van der Waals surface area (Å²) in [6, 6.07) is 3.78. The molecule has 0 aliphatic heterocycles. The summed E-state index contributed by atoms with van der Waals surface area (Å²) in [5, 5.41) is 10.8. The second kappa shape index (κ2) is 6.20. The molecule has 3 aromatic rings. The molecule has 2 heterocycles. The lowest BCUT2D eigenvalue weighted by Gasteiger charge is -2.07. The SMILES string of the molecule is O=CNc1c(-c2c(F)cccc2Cl)noc1-c1cn[nH]c1C(F)(F)F. The van der Waals surface area contributed by atoms with Gasteiger partial charge in [-0.25, -0.2) is 4.39 Å². The minimum atomic E-state index is -4.76. The van der Waals surface area contributed by atoms with Gasteiger partial charge in [-0.3, -0.25) is 9.89 Å². The van der Waals surface area contributed by atoms with Gasteiger partial charge in [0.1, 0.15) is 17.2 Å².